The Morgan fingerprint density at radius 2 is 1.77 bits per heavy atom. The summed E-state index contributed by atoms with van der Waals surface area (Å²) in [5.41, 5.74) is 2.42. The number of hydrogen-bond acceptors (Lipinski definition) is 2. The fraction of sp³-hybridized carbons (Fsp3) is 0.400. The smallest absolute Gasteiger partial charge is 0.270 e. The number of carbonyl (C=O) groups excluding carboxylic acids is 2. The minimum Gasteiger partial charge on any atom is -0.356 e. The molecule has 5 nitrogen and oxygen atoms in total. The molecule has 2 fully saturated rings. The summed E-state index contributed by atoms with van der Waals surface area (Å²) in [6, 6.07) is 11.4. The average molecular weight is 372 g/mol. The number of aromatic nitrogens is 1. The first kappa shape index (κ1) is 17.2. The number of hydrogen-bond donors (Lipinski definition) is 1. The van der Waals surface area contributed by atoms with Crippen LogP contribution in [-0.4, -0.2) is 40.9 Å². The molecule has 0 aliphatic carbocycles. The minimum atomic E-state index is -0.251. The lowest BCUT2D eigenvalue weighted by Crippen LogP contribution is -2.46. The summed E-state index contributed by atoms with van der Waals surface area (Å²) in [4.78, 5) is 27.0. The highest BCUT2D eigenvalue weighted by molar-refractivity contribution is 6.30. The molecule has 0 radical (unpaired) electrons. The van der Waals surface area contributed by atoms with Gasteiger partial charge in [0.05, 0.1) is 5.41 Å². The van der Waals surface area contributed by atoms with E-state index in [1.165, 1.54) is 0 Å². The molecule has 0 atom stereocenters. The lowest BCUT2D eigenvalue weighted by atomic mass is 9.77. The van der Waals surface area contributed by atoms with E-state index in [0.29, 0.717) is 23.8 Å². The number of benzene rings is 1. The van der Waals surface area contributed by atoms with Crippen molar-refractivity contribution in [1.29, 1.82) is 0 Å². The first-order valence-electron chi connectivity index (χ1n) is 8.99. The second kappa shape index (κ2) is 6.47. The highest BCUT2D eigenvalue weighted by atomic mass is 35.5. The monoisotopic (exact) mass is 371 g/mol. The Balaban J connectivity index is 1.51. The van der Waals surface area contributed by atoms with E-state index in [2.05, 4.69) is 5.32 Å². The summed E-state index contributed by atoms with van der Waals surface area (Å²) in [5.74, 6) is 0.189. The van der Waals surface area contributed by atoms with Crippen LogP contribution in [0.15, 0.2) is 36.4 Å². The van der Waals surface area contributed by atoms with Gasteiger partial charge in [-0.2, -0.15) is 0 Å². The van der Waals surface area contributed by atoms with Crippen molar-refractivity contribution in [3.8, 4) is 11.3 Å². The van der Waals surface area contributed by atoms with E-state index in [1.54, 1.807) is 0 Å². The molecule has 136 valence electrons. The molecule has 4 rings (SSSR count). The van der Waals surface area contributed by atoms with Crippen LogP contribution in [0.1, 0.15) is 29.8 Å². The summed E-state index contributed by atoms with van der Waals surface area (Å²) in [6.45, 7) is 2.02. The van der Waals surface area contributed by atoms with Crippen LogP contribution >= 0.6 is 11.6 Å². The highest BCUT2D eigenvalue weighted by Gasteiger charge is 2.45. The number of piperidine rings is 1. The maximum Gasteiger partial charge on any atom is 0.270 e. The average Bonchev–Trinajstić information content (AvgIpc) is 3.19. The summed E-state index contributed by atoms with van der Waals surface area (Å²) >= 11 is 5.96. The Morgan fingerprint density at radius 1 is 1.08 bits per heavy atom. The molecule has 3 heterocycles. The van der Waals surface area contributed by atoms with Crippen molar-refractivity contribution in [1.82, 2.24) is 14.8 Å². The zero-order valence-corrected chi connectivity index (χ0v) is 15.6. The lowest BCUT2D eigenvalue weighted by molar-refractivity contribution is -0.129. The number of likely N-dealkylation sites (tertiary alicyclic amines) is 1. The van der Waals surface area contributed by atoms with Crippen molar-refractivity contribution >= 4 is 23.4 Å². The van der Waals surface area contributed by atoms with E-state index in [0.717, 1.165) is 37.1 Å². The van der Waals surface area contributed by atoms with Crippen molar-refractivity contribution in [2.75, 3.05) is 19.6 Å². The maximum absolute atomic E-state index is 13.0. The van der Waals surface area contributed by atoms with Crippen molar-refractivity contribution in [2.45, 2.75) is 19.3 Å². The molecule has 0 unspecified atom stereocenters. The van der Waals surface area contributed by atoms with Gasteiger partial charge in [0.25, 0.3) is 5.91 Å². The second-order valence-corrected chi connectivity index (χ2v) is 7.68. The van der Waals surface area contributed by atoms with Gasteiger partial charge in [-0.3, -0.25) is 9.59 Å². The Hall–Kier alpha value is -2.27. The third-order valence-electron chi connectivity index (χ3n) is 5.86. The quantitative estimate of drug-likeness (QED) is 0.882. The zero-order chi connectivity index (χ0) is 18.3. The van der Waals surface area contributed by atoms with Crippen LogP contribution in [0, 0.1) is 5.41 Å². The van der Waals surface area contributed by atoms with Crippen LogP contribution in [0.4, 0.5) is 0 Å². The van der Waals surface area contributed by atoms with Crippen molar-refractivity contribution in [3.05, 3.63) is 47.1 Å². The molecule has 2 aliphatic heterocycles. The van der Waals surface area contributed by atoms with E-state index in [4.69, 9.17) is 11.6 Å². The van der Waals surface area contributed by atoms with Gasteiger partial charge in [-0.05, 0) is 49.1 Å². The number of carbonyl (C=O) groups is 2. The Kier molecular flexibility index (Phi) is 4.27. The number of halogens is 1. The summed E-state index contributed by atoms with van der Waals surface area (Å²) < 4.78 is 1.93. The number of amides is 2. The predicted molar refractivity (Wildman–Crippen MR) is 101 cm³/mol. The van der Waals surface area contributed by atoms with Gasteiger partial charge in [0, 0.05) is 37.4 Å². The fourth-order valence-electron chi connectivity index (χ4n) is 4.13. The van der Waals surface area contributed by atoms with Gasteiger partial charge in [0.2, 0.25) is 5.91 Å². The molecular weight excluding hydrogens is 350 g/mol. The number of nitrogens with one attached hydrogen (secondary N) is 1. The number of rotatable bonds is 2. The molecule has 6 heteroatoms. The van der Waals surface area contributed by atoms with Crippen LogP contribution in [0.5, 0.6) is 0 Å². The normalized spacial score (nSPS) is 19.0. The van der Waals surface area contributed by atoms with Gasteiger partial charge in [0.15, 0.2) is 0 Å². The third kappa shape index (κ3) is 2.80. The zero-order valence-electron chi connectivity index (χ0n) is 14.8. The van der Waals surface area contributed by atoms with Crippen LogP contribution in [0.2, 0.25) is 5.02 Å². The first-order valence-corrected chi connectivity index (χ1v) is 9.37. The molecule has 1 aromatic carbocycles. The SMILES string of the molecule is Cn1c(C(=O)N2CCC3(CCNC3=O)CC2)ccc1-c1ccc(Cl)cc1. The van der Waals surface area contributed by atoms with Crippen molar-refractivity contribution in [3.63, 3.8) is 0 Å². The van der Waals surface area contributed by atoms with Gasteiger partial charge >= 0.3 is 0 Å². The first-order chi connectivity index (χ1) is 12.5. The Morgan fingerprint density at radius 3 is 2.38 bits per heavy atom. The summed E-state index contributed by atoms with van der Waals surface area (Å²) in [7, 11) is 1.91. The van der Waals surface area contributed by atoms with Crippen LogP contribution in [0.25, 0.3) is 11.3 Å². The number of nitrogens with zero attached hydrogens (tertiary/aromatic N) is 2. The van der Waals surface area contributed by atoms with Gasteiger partial charge in [0.1, 0.15) is 5.69 Å². The standard InChI is InChI=1S/C20H22ClN3O2/c1-23-16(14-2-4-15(21)5-3-14)6-7-17(23)18(25)24-12-9-20(10-13-24)8-11-22-19(20)26/h2-7H,8-13H2,1H3,(H,22,26). The van der Waals surface area contributed by atoms with Crippen molar-refractivity contribution < 1.29 is 9.59 Å². The molecule has 26 heavy (non-hydrogen) atoms. The minimum absolute atomic E-state index is 0.0287. The molecule has 2 amide bonds. The van der Waals surface area contributed by atoms with Gasteiger partial charge in [-0.1, -0.05) is 23.7 Å². The molecule has 1 spiro atoms. The fourth-order valence-corrected chi connectivity index (χ4v) is 4.26. The van der Waals surface area contributed by atoms with E-state index < -0.39 is 0 Å². The van der Waals surface area contributed by atoms with Crippen LogP contribution in [0.3, 0.4) is 0 Å². The van der Waals surface area contributed by atoms with Crippen LogP contribution < -0.4 is 5.32 Å². The third-order valence-corrected chi connectivity index (χ3v) is 6.11. The van der Waals surface area contributed by atoms with E-state index in [1.807, 2.05) is 52.9 Å². The molecular formula is C20H22ClN3O2. The predicted octanol–water partition coefficient (Wildman–Crippen LogP) is 3.09. The highest BCUT2D eigenvalue weighted by Crippen LogP contribution is 2.38. The molecule has 1 N–H and O–H groups in total. The molecule has 0 bridgehead atoms. The molecule has 0 saturated carbocycles. The molecule has 2 saturated heterocycles. The Labute approximate surface area is 157 Å². The van der Waals surface area contributed by atoms with Gasteiger partial charge < -0.3 is 14.8 Å². The largest absolute Gasteiger partial charge is 0.356 e. The molecule has 2 aliphatic rings. The van der Waals surface area contributed by atoms with E-state index >= 15 is 0 Å². The van der Waals surface area contributed by atoms with Crippen molar-refractivity contribution in [2.24, 2.45) is 12.5 Å². The molecule has 2 aromatic rings. The van der Waals surface area contributed by atoms with E-state index in [9.17, 15) is 9.59 Å². The summed E-state index contributed by atoms with van der Waals surface area (Å²) in [6.07, 6.45) is 2.39. The van der Waals surface area contributed by atoms with Gasteiger partial charge in [-0.25, -0.2) is 0 Å². The lowest BCUT2D eigenvalue weighted by Gasteiger charge is -2.37. The van der Waals surface area contributed by atoms with Gasteiger partial charge in [-0.15, -0.1) is 0 Å². The topological polar surface area (TPSA) is 54.3 Å². The van der Waals surface area contributed by atoms with E-state index in [-0.39, 0.29) is 17.2 Å². The Bertz CT molecular complexity index is 848. The second-order valence-electron chi connectivity index (χ2n) is 7.25. The summed E-state index contributed by atoms with van der Waals surface area (Å²) in [5, 5.41) is 3.63. The maximum atomic E-state index is 13.0. The van der Waals surface area contributed by atoms with Crippen LogP contribution in [-0.2, 0) is 11.8 Å². The molecule has 1 aromatic heterocycles.